The summed E-state index contributed by atoms with van der Waals surface area (Å²) in [4.78, 5) is 0. The molecule has 2 N–H and O–H groups in total. The fourth-order valence-corrected chi connectivity index (χ4v) is 0.387. The topological polar surface area (TPSA) is 40.5 Å². The third-order valence-corrected chi connectivity index (χ3v) is 1.28. The van der Waals surface area contributed by atoms with Crippen LogP contribution in [-0.2, 0) is 0 Å². The summed E-state index contributed by atoms with van der Waals surface area (Å²) in [5.74, 6) is 0. The highest BCUT2D eigenvalue weighted by Crippen LogP contribution is 2.23. The first-order valence-corrected chi connectivity index (χ1v) is 2.91. The molecule has 0 saturated heterocycles. The van der Waals surface area contributed by atoms with Gasteiger partial charge in [-0.1, -0.05) is 20.8 Å². The van der Waals surface area contributed by atoms with Crippen molar-refractivity contribution >= 4 is 7.12 Å². The summed E-state index contributed by atoms with van der Waals surface area (Å²) >= 11 is 0. The van der Waals surface area contributed by atoms with Crippen molar-refractivity contribution in [2.24, 2.45) is 5.41 Å². The summed E-state index contributed by atoms with van der Waals surface area (Å²) in [6, 6.07) is 0. The Hall–Kier alpha value is -0.275. The van der Waals surface area contributed by atoms with Crippen molar-refractivity contribution in [3.05, 3.63) is 12.1 Å². The van der Waals surface area contributed by atoms with E-state index in [0.29, 0.717) is 5.47 Å². The zero-order chi connectivity index (χ0) is 7.65. The lowest BCUT2D eigenvalue weighted by Crippen LogP contribution is -2.25. The predicted octanol–water partition coefficient (Wildman–Crippen LogP) is 0.601. The lowest BCUT2D eigenvalue weighted by atomic mass is 9.66. The van der Waals surface area contributed by atoms with Gasteiger partial charge in [-0.25, -0.2) is 0 Å². The van der Waals surface area contributed by atoms with Gasteiger partial charge in [-0.15, -0.1) is 6.58 Å². The van der Waals surface area contributed by atoms with Crippen LogP contribution in [0.15, 0.2) is 12.1 Å². The van der Waals surface area contributed by atoms with Crippen molar-refractivity contribution in [2.75, 3.05) is 0 Å². The largest absolute Gasteiger partial charge is 0.484 e. The summed E-state index contributed by atoms with van der Waals surface area (Å²) in [5.41, 5.74) is 0.233. The van der Waals surface area contributed by atoms with Crippen molar-refractivity contribution < 1.29 is 10.0 Å². The predicted molar refractivity (Wildman–Crippen MR) is 38.8 cm³/mol. The molecule has 0 atom stereocenters. The minimum absolute atomic E-state index is 0.214. The van der Waals surface area contributed by atoms with Crippen LogP contribution in [0.2, 0.25) is 0 Å². The van der Waals surface area contributed by atoms with Gasteiger partial charge in [0.25, 0.3) is 0 Å². The second-order valence-electron chi connectivity index (χ2n) is 3.15. The van der Waals surface area contributed by atoms with E-state index in [4.69, 9.17) is 10.0 Å². The first-order valence-electron chi connectivity index (χ1n) is 2.91. The van der Waals surface area contributed by atoms with Crippen molar-refractivity contribution in [3.63, 3.8) is 0 Å². The standard InChI is InChI=1S/C6H13BO2/c1-5(7(8)9)6(2,3)4/h8-9H,1H2,2-4H3. The Morgan fingerprint density at radius 3 is 1.67 bits per heavy atom. The average Bonchev–Trinajstić information content (AvgIpc) is 1.62. The molecule has 0 aromatic rings. The number of hydrogen-bond donors (Lipinski definition) is 2. The molecule has 0 aliphatic rings. The molecule has 52 valence electrons. The van der Waals surface area contributed by atoms with Gasteiger partial charge < -0.3 is 10.0 Å². The van der Waals surface area contributed by atoms with E-state index < -0.39 is 7.12 Å². The van der Waals surface area contributed by atoms with Gasteiger partial charge in [0.2, 0.25) is 0 Å². The Morgan fingerprint density at radius 1 is 1.33 bits per heavy atom. The lowest BCUT2D eigenvalue weighted by Gasteiger charge is -2.20. The average molecular weight is 128 g/mol. The number of rotatable bonds is 1. The molecule has 2 nitrogen and oxygen atoms in total. The number of allylic oxidation sites excluding steroid dienone is 1. The van der Waals surface area contributed by atoms with Crippen LogP contribution in [0.25, 0.3) is 0 Å². The van der Waals surface area contributed by atoms with Gasteiger partial charge in [0.15, 0.2) is 0 Å². The molecule has 0 radical (unpaired) electrons. The smallest absolute Gasteiger partial charge is 0.423 e. The molecule has 0 heterocycles. The molecule has 0 amide bonds. The minimum atomic E-state index is -1.38. The molecular formula is C6H13BO2. The van der Waals surface area contributed by atoms with E-state index in [-0.39, 0.29) is 5.41 Å². The second-order valence-corrected chi connectivity index (χ2v) is 3.15. The van der Waals surface area contributed by atoms with Gasteiger partial charge in [-0.3, -0.25) is 0 Å². The Morgan fingerprint density at radius 2 is 1.67 bits per heavy atom. The van der Waals surface area contributed by atoms with Gasteiger partial charge in [0.1, 0.15) is 0 Å². The van der Waals surface area contributed by atoms with Gasteiger partial charge in [-0.05, 0) is 10.9 Å². The lowest BCUT2D eigenvalue weighted by molar-refractivity contribution is 0.393. The maximum absolute atomic E-state index is 8.61. The molecule has 0 rings (SSSR count). The fourth-order valence-electron chi connectivity index (χ4n) is 0.387. The van der Waals surface area contributed by atoms with Crippen LogP contribution in [0.1, 0.15) is 20.8 Å². The van der Waals surface area contributed by atoms with E-state index in [1.54, 1.807) is 0 Å². The highest BCUT2D eigenvalue weighted by Gasteiger charge is 2.24. The summed E-state index contributed by atoms with van der Waals surface area (Å²) < 4.78 is 0. The fraction of sp³-hybridized carbons (Fsp3) is 0.667. The van der Waals surface area contributed by atoms with E-state index in [1.165, 1.54) is 0 Å². The summed E-state index contributed by atoms with van der Waals surface area (Å²) in [5, 5.41) is 17.2. The molecule has 0 bridgehead atoms. The van der Waals surface area contributed by atoms with Gasteiger partial charge >= 0.3 is 7.12 Å². The zero-order valence-electron chi connectivity index (χ0n) is 6.18. The van der Waals surface area contributed by atoms with Crippen LogP contribution >= 0.6 is 0 Å². The van der Waals surface area contributed by atoms with Crippen LogP contribution in [0.4, 0.5) is 0 Å². The van der Waals surface area contributed by atoms with Crippen LogP contribution < -0.4 is 0 Å². The molecule has 0 saturated carbocycles. The van der Waals surface area contributed by atoms with Crippen molar-refractivity contribution in [3.8, 4) is 0 Å². The Bertz CT molecular complexity index is 113. The van der Waals surface area contributed by atoms with E-state index in [0.717, 1.165) is 0 Å². The Labute approximate surface area is 56.4 Å². The normalized spacial score (nSPS) is 11.2. The maximum atomic E-state index is 8.61. The summed E-state index contributed by atoms with van der Waals surface area (Å²) in [7, 11) is -1.38. The number of hydrogen-bond acceptors (Lipinski definition) is 2. The minimum Gasteiger partial charge on any atom is -0.423 e. The quantitative estimate of drug-likeness (QED) is 0.507. The van der Waals surface area contributed by atoms with Crippen molar-refractivity contribution in [2.45, 2.75) is 20.8 Å². The second kappa shape index (κ2) is 2.54. The van der Waals surface area contributed by atoms with Crippen LogP contribution in [0.5, 0.6) is 0 Å². The highest BCUT2D eigenvalue weighted by atomic mass is 16.4. The highest BCUT2D eigenvalue weighted by molar-refractivity contribution is 6.50. The molecule has 0 aromatic carbocycles. The Balaban J connectivity index is 4.06. The van der Waals surface area contributed by atoms with Crippen LogP contribution in [0.3, 0.4) is 0 Å². The van der Waals surface area contributed by atoms with Crippen molar-refractivity contribution in [1.82, 2.24) is 0 Å². The third kappa shape index (κ3) is 2.68. The SMILES string of the molecule is C=C(B(O)O)C(C)(C)C. The molecular weight excluding hydrogens is 115 g/mol. The molecule has 0 aliphatic carbocycles. The molecule has 0 fully saturated rings. The van der Waals surface area contributed by atoms with E-state index in [9.17, 15) is 0 Å². The summed E-state index contributed by atoms with van der Waals surface area (Å²) in [6.45, 7) is 9.18. The molecule has 9 heavy (non-hydrogen) atoms. The van der Waals surface area contributed by atoms with Gasteiger partial charge in [0, 0.05) is 0 Å². The molecule has 0 spiro atoms. The van der Waals surface area contributed by atoms with Crippen LogP contribution in [-0.4, -0.2) is 17.2 Å². The van der Waals surface area contributed by atoms with Crippen LogP contribution in [0, 0.1) is 5.41 Å². The van der Waals surface area contributed by atoms with E-state index in [2.05, 4.69) is 6.58 Å². The molecule has 0 aromatic heterocycles. The molecule has 0 aliphatic heterocycles. The maximum Gasteiger partial charge on any atom is 0.484 e. The van der Waals surface area contributed by atoms with Gasteiger partial charge in [-0.2, -0.15) is 0 Å². The first-order chi connectivity index (χ1) is 3.85. The molecule has 3 heteroatoms. The Kier molecular flexibility index (Phi) is 2.46. The van der Waals surface area contributed by atoms with Gasteiger partial charge in [0.05, 0.1) is 0 Å². The third-order valence-electron chi connectivity index (χ3n) is 1.28. The van der Waals surface area contributed by atoms with E-state index in [1.807, 2.05) is 20.8 Å². The summed E-state index contributed by atoms with van der Waals surface area (Å²) in [6.07, 6.45) is 0. The zero-order valence-corrected chi connectivity index (χ0v) is 6.18. The van der Waals surface area contributed by atoms with Crippen molar-refractivity contribution in [1.29, 1.82) is 0 Å². The monoisotopic (exact) mass is 128 g/mol. The molecule has 0 unspecified atom stereocenters. The first kappa shape index (κ1) is 8.72. The van der Waals surface area contributed by atoms with E-state index >= 15 is 0 Å².